The van der Waals surface area contributed by atoms with Crippen LogP contribution in [0.4, 0.5) is 0 Å². The van der Waals surface area contributed by atoms with E-state index in [0.717, 1.165) is 11.1 Å². The Morgan fingerprint density at radius 3 is 1.93 bits per heavy atom. The highest BCUT2D eigenvalue weighted by Crippen LogP contribution is 2.38. The zero-order valence-electron chi connectivity index (χ0n) is 15.8. The Bertz CT molecular complexity index is 1110. The summed E-state index contributed by atoms with van der Waals surface area (Å²) < 4.78 is 0. The van der Waals surface area contributed by atoms with E-state index in [2.05, 4.69) is 0 Å². The molecule has 1 aliphatic rings. The summed E-state index contributed by atoms with van der Waals surface area (Å²) in [5, 5.41) is 1.18. The predicted octanol–water partition coefficient (Wildman–Crippen LogP) is 6.21. The summed E-state index contributed by atoms with van der Waals surface area (Å²) in [5.41, 5.74) is 3.03. The second kappa shape index (κ2) is 9.09. The third-order valence-electron chi connectivity index (χ3n) is 4.74. The van der Waals surface area contributed by atoms with Gasteiger partial charge in [-0.3, -0.25) is 14.5 Å². The molecule has 0 aliphatic carbocycles. The van der Waals surface area contributed by atoms with Gasteiger partial charge in [-0.25, -0.2) is 0 Å². The van der Waals surface area contributed by atoms with Gasteiger partial charge in [-0.15, -0.1) is 11.8 Å². The zero-order chi connectivity index (χ0) is 21.1. The third-order valence-corrected chi connectivity index (χ3v) is 6.39. The highest BCUT2D eigenvalue weighted by atomic mass is 35.5. The van der Waals surface area contributed by atoms with Gasteiger partial charge in [0, 0.05) is 15.8 Å². The van der Waals surface area contributed by atoms with Crippen LogP contribution in [0.25, 0.3) is 5.57 Å². The summed E-state index contributed by atoms with van der Waals surface area (Å²) in [4.78, 5) is 28.3. The Morgan fingerprint density at radius 1 is 0.700 bits per heavy atom. The van der Waals surface area contributed by atoms with Crippen LogP contribution in [-0.4, -0.2) is 16.7 Å². The van der Waals surface area contributed by atoms with Crippen LogP contribution >= 0.6 is 35.0 Å². The molecule has 3 aromatic carbocycles. The summed E-state index contributed by atoms with van der Waals surface area (Å²) in [5.74, 6) is 0.0230. The number of carbonyl (C=O) groups is 2. The standard InChI is InChI=1S/C24H17Cl2NO2S/c25-19-10-6-16(7-11-19)14-27-23(28)21(18-8-12-20(26)13-9-18)22(24(27)29)30-15-17-4-2-1-3-5-17/h1-13H,14-15H2. The summed E-state index contributed by atoms with van der Waals surface area (Å²) in [6.07, 6.45) is 0. The number of benzene rings is 3. The first-order chi connectivity index (χ1) is 14.5. The second-order valence-corrected chi connectivity index (χ2v) is 8.67. The smallest absolute Gasteiger partial charge is 0.268 e. The number of hydrogen-bond acceptors (Lipinski definition) is 3. The van der Waals surface area contributed by atoms with Crippen LogP contribution in [0.1, 0.15) is 16.7 Å². The van der Waals surface area contributed by atoms with E-state index in [0.29, 0.717) is 31.8 Å². The first-order valence-corrected chi connectivity index (χ1v) is 11.0. The number of amides is 2. The maximum atomic E-state index is 13.3. The topological polar surface area (TPSA) is 37.4 Å². The molecule has 1 aliphatic heterocycles. The molecule has 150 valence electrons. The van der Waals surface area contributed by atoms with Crippen LogP contribution in [0.2, 0.25) is 10.0 Å². The number of rotatable bonds is 6. The molecule has 0 saturated heterocycles. The highest BCUT2D eigenvalue weighted by molar-refractivity contribution is 8.03. The summed E-state index contributed by atoms with van der Waals surface area (Å²) >= 11 is 13.4. The minimum atomic E-state index is -0.298. The van der Waals surface area contributed by atoms with E-state index in [9.17, 15) is 9.59 Å². The van der Waals surface area contributed by atoms with Gasteiger partial charge in [-0.05, 0) is 41.0 Å². The summed E-state index contributed by atoms with van der Waals surface area (Å²) in [6.45, 7) is 0.196. The maximum Gasteiger partial charge on any atom is 0.268 e. The van der Waals surface area contributed by atoms with Crippen molar-refractivity contribution in [3.05, 3.63) is 111 Å². The van der Waals surface area contributed by atoms with Crippen LogP contribution in [0.3, 0.4) is 0 Å². The Morgan fingerprint density at radius 2 is 1.30 bits per heavy atom. The fourth-order valence-corrected chi connectivity index (χ4v) is 4.54. The van der Waals surface area contributed by atoms with Crippen LogP contribution in [-0.2, 0) is 21.9 Å². The van der Waals surface area contributed by atoms with E-state index >= 15 is 0 Å². The SMILES string of the molecule is O=C1C(SCc2ccccc2)=C(c2ccc(Cl)cc2)C(=O)N1Cc1ccc(Cl)cc1. The molecule has 0 fully saturated rings. The maximum absolute atomic E-state index is 13.3. The Kier molecular flexibility index (Phi) is 6.28. The number of hydrogen-bond donors (Lipinski definition) is 0. The fourth-order valence-electron chi connectivity index (χ4n) is 3.20. The minimum absolute atomic E-state index is 0.196. The Labute approximate surface area is 189 Å². The van der Waals surface area contributed by atoms with E-state index in [1.807, 2.05) is 42.5 Å². The average Bonchev–Trinajstić information content (AvgIpc) is 2.99. The Balaban J connectivity index is 1.66. The van der Waals surface area contributed by atoms with E-state index in [1.54, 1.807) is 36.4 Å². The molecule has 30 heavy (non-hydrogen) atoms. The van der Waals surface area contributed by atoms with Gasteiger partial charge in [0.05, 0.1) is 17.0 Å². The molecule has 2 amide bonds. The van der Waals surface area contributed by atoms with E-state index < -0.39 is 0 Å². The first kappa shape index (κ1) is 20.7. The lowest BCUT2D eigenvalue weighted by Crippen LogP contribution is -2.30. The van der Waals surface area contributed by atoms with Crippen LogP contribution in [0.15, 0.2) is 83.8 Å². The van der Waals surface area contributed by atoms with Crippen molar-refractivity contribution in [3.8, 4) is 0 Å². The van der Waals surface area contributed by atoms with Crippen molar-refractivity contribution in [2.75, 3.05) is 0 Å². The minimum Gasteiger partial charge on any atom is -0.269 e. The normalized spacial score (nSPS) is 14.0. The van der Waals surface area contributed by atoms with Gasteiger partial charge in [0.15, 0.2) is 0 Å². The summed E-state index contributed by atoms with van der Waals surface area (Å²) in [7, 11) is 0. The van der Waals surface area contributed by atoms with Crippen molar-refractivity contribution in [2.45, 2.75) is 12.3 Å². The van der Waals surface area contributed by atoms with Crippen molar-refractivity contribution in [1.29, 1.82) is 0 Å². The van der Waals surface area contributed by atoms with Crippen LogP contribution < -0.4 is 0 Å². The molecule has 0 saturated carbocycles. The van der Waals surface area contributed by atoms with Gasteiger partial charge in [-0.2, -0.15) is 0 Å². The fraction of sp³-hybridized carbons (Fsp3) is 0.0833. The lowest BCUT2D eigenvalue weighted by Gasteiger charge is -2.15. The highest BCUT2D eigenvalue weighted by Gasteiger charge is 2.39. The number of halogens is 2. The Hall–Kier alpha value is -2.53. The molecule has 0 unspecified atom stereocenters. The third kappa shape index (κ3) is 4.46. The van der Waals surface area contributed by atoms with Crippen molar-refractivity contribution < 1.29 is 9.59 Å². The summed E-state index contributed by atoms with van der Waals surface area (Å²) in [6, 6.07) is 24.0. The average molecular weight is 454 g/mol. The molecule has 0 bridgehead atoms. The van der Waals surface area contributed by atoms with Crippen LogP contribution in [0.5, 0.6) is 0 Å². The van der Waals surface area contributed by atoms with E-state index in [1.165, 1.54) is 16.7 Å². The molecule has 0 radical (unpaired) electrons. The molecular weight excluding hydrogens is 437 g/mol. The molecule has 0 N–H and O–H groups in total. The van der Waals surface area contributed by atoms with E-state index in [4.69, 9.17) is 23.2 Å². The van der Waals surface area contributed by atoms with Gasteiger partial charge in [0.2, 0.25) is 0 Å². The second-order valence-electron chi connectivity index (χ2n) is 6.81. The number of imide groups is 1. The molecule has 3 nitrogen and oxygen atoms in total. The molecule has 0 spiro atoms. The van der Waals surface area contributed by atoms with Crippen molar-refractivity contribution in [2.24, 2.45) is 0 Å². The van der Waals surface area contributed by atoms with Gasteiger partial charge in [0.25, 0.3) is 11.8 Å². The molecule has 6 heteroatoms. The lowest BCUT2D eigenvalue weighted by molar-refractivity contribution is -0.137. The number of nitrogens with zero attached hydrogens (tertiary/aromatic N) is 1. The van der Waals surface area contributed by atoms with Gasteiger partial charge < -0.3 is 0 Å². The van der Waals surface area contributed by atoms with E-state index in [-0.39, 0.29) is 18.4 Å². The van der Waals surface area contributed by atoms with Gasteiger partial charge in [0.1, 0.15) is 0 Å². The first-order valence-electron chi connectivity index (χ1n) is 9.30. The largest absolute Gasteiger partial charge is 0.269 e. The molecular formula is C24H17Cl2NO2S. The molecule has 0 aromatic heterocycles. The predicted molar refractivity (Wildman–Crippen MR) is 123 cm³/mol. The molecule has 4 rings (SSSR count). The van der Waals surface area contributed by atoms with Crippen LogP contribution in [0, 0.1) is 0 Å². The van der Waals surface area contributed by atoms with Crippen molar-refractivity contribution in [1.82, 2.24) is 4.90 Å². The van der Waals surface area contributed by atoms with Gasteiger partial charge >= 0.3 is 0 Å². The van der Waals surface area contributed by atoms with Crippen molar-refractivity contribution in [3.63, 3.8) is 0 Å². The monoisotopic (exact) mass is 453 g/mol. The molecule has 1 heterocycles. The molecule has 0 atom stereocenters. The lowest BCUT2D eigenvalue weighted by atomic mass is 10.1. The number of thioether (sulfide) groups is 1. The van der Waals surface area contributed by atoms with Crippen molar-refractivity contribution >= 4 is 52.4 Å². The molecule has 3 aromatic rings. The zero-order valence-corrected chi connectivity index (χ0v) is 18.2. The quantitative estimate of drug-likeness (QED) is 0.416. The van der Waals surface area contributed by atoms with Gasteiger partial charge in [-0.1, -0.05) is 77.8 Å². The number of carbonyl (C=O) groups excluding carboxylic acids is 2.